The topological polar surface area (TPSA) is 78.9 Å². The zero-order valence-corrected chi connectivity index (χ0v) is 12.0. The Balaban J connectivity index is 2.70. The highest BCUT2D eigenvalue weighted by Gasteiger charge is 2.29. The van der Waals surface area contributed by atoms with Crippen LogP contribution in [0.1, 0.15) is 40.0 Å². The van der Waals surface area contributed by atoms with E-state index in [2.05, 4.69) is 35.8 Å². The molecule has 0 saturated carbocycles. The van der Waals surface area contributed by atoms with Gasteiger partial charge in [-0.05, 0) is 19.8 Å². The first-order valence-electron chi connectivity index (χ1n) is 6.61. The normalized spacial score (nSPS) is 14.5. The lowest BCUT2D eigenvalue weighted by Crippen LogP contribution is -2.30. The first-order valence-corrected chi connectivity index (χ1v) is 6.61. The Morgan fingerprint density at radius 1 is 1.37 bits per heavy atom. The minimum Gasteiger partial charge on any atom is -0.479 e. The number of ether oxygens (including phenoxy) is 1. The van der Waals surface area contributed by atoms with Gasteiger partial charge in [-0.25, -0.2) is 14.6 Å². The summed E-state index contributed by atoms with van der Waals surface area (Å²) in [5.74, 6) is 0.895. The summed E-state index contributed by atoms with van der Waals surface area (Å²) in [6, 6.07) is 0. The van der Waals surface area contributed by atoms with Crippen LogP contribution in [0.4, 0.5) is 5.82 Å². The number of anilines is 1. The van der Waals surface area contributed by atoms with Gasteiger partial charge in [-0.2, -0.15) is 0 Å². The lowest BCUT2D eigenvalue weighted by molar-refractivity contribution is 0.251. The van der Waals surface area contributed by atoms with Crippen molar-refractivity contribution in [2.75, 3.05) is 12.8 Å². The van der Waals surface area contributed by atoms with Crippen LogP contribution in [0.5, 0.6) is 5.88 Å². The van der Waals surface area contributed by atoms with Crippen LogP contribution < -0.4 is 10.5 Å². The highest BCUT2D eigenvalue weighted by Crippen LogP contribution is 2.34. The number of nitrogens with two attached hydrogens (primary N) is 1. The Labute approximate surface area is 113 Å². The number of hydrogen-bond acceptors (Lipinski definition) is 5. The molecule has 2 heterocycles. The number of hydrogen-bond donors (Lipinski definition) is 1. The molecule has 0 saturated heterocycles. The van der Waals surface area contributed by atoms with Crippen LogP contribution in [0, 0.1) is 0 Å². The molecule has 1 unspecified atom stereocenters. The number of fused-ring (bicyclic) bond motifs is 1. The van der Waals surface area contributed by atoms with Gasteiger partial charge in [0.1, 0.15) is 17.5 Å². The van der Waals surface area contributed by atoms with E-state index in [0.29, 0.717) is 17.1 Å². The van der Waals surface area contributed by atoms with E-state index in [1.807, 2.05) is 4.68 Å². The van der Waals surface area contributed by atoms with Crippen LogP contribution in [-0.2, 0) is 5.54 Å². The lowest BCUT2D eigenvalue weighted by atomic mass is 9.93. The molecule has 2 N–H and O–H groups in total. The molecule has 0 radical (unpaired) electrons. The van der Waals surface area contributed by atoms with E-state index >= 15 is 0 Å². The Hall–Kier alpha value is -1.85. The number of methoxy groups -OCH3 is 1. The Morgan fingerprint density at radius 3 is 2.68 bits per heavy atom. The number of rotatable bonds is 5. The van der Waals surface area contributed by atoms with Gasteiger partial charge in [-0.1, -0.05) is 20.3 Å². The van der Waals surface area contributed by atoms with Crippen LogP contribution in [-0.4, -0.2) is 26.9 Å². The molecule has 104 valence electrons. The van der Waals surface area contributed by atoms with E-state index in [4.69, 9.17) is 10.5 Å². The van der Waals surface area contributed by atoms with Crippen LogP contribution in [0.2, 0.25) is 0 Å². The molecule has 6 heteroatoms. The molecule has 2 rings (SSSR count). The Kier molecular flexibility index (Phi) is 3.59. The van der Waals surface area contributed by atoms with Crippen LogP contribution in [0.3, 0.4) is 0 Å². The van der Waals surface area contributed by atoms with Gasteiger partial charge in [-0.15, -0.1) is 5.10 Å². The molecular formula is C13H21N5O. The summed E-state index contributed by atoms with van der Waals surface area (Å²) in [5.41, 5.74) is 6.57. The predicted molar refractivity (Wildman–Crippen MR) is 75.1 cm³/mol. The number of nitrogen functional groups attached to an aromatic ring is 1. The zero-order chi connectivity index (χ0) is 14.0. The molecule has 0 amide bonds. The van der Waals surface area contributed by atoms with Gasteiger partial charge in [0, 0.05) is 0 Å². The van der Waals surface area contributed by atoms with Crippen molar-refractivity contribution in [1.82, 2.24) is 19.7 Å². The third-order valence-electron chi connectivity index (χ3n) is 3.72. The third-order valence-corrected chi connectivity index (χ3v) is 3.72. The lowest BCUT2D eigenvalue weighted by Gasteiger charge is -2.28. The van der Waals surface area contributed by atoms with Crippen LogP contribution >= 0.6 is 0 Å². The van der Waals surface area contributed by atoms with Gasteiger partial charge in [0.2, 0.25) is 5.88 Å². The maximum atomic E-state index is 5.92. The second kappa shape index (κ2) is 5.03. The first-order chi connectivity index (χ1) is 9.07. The van der Waals surface area contributed by atoms with Crippen molar-refractivity contribution in [3.05, 3.63) is 6.33 Å². The molecule has 0 spiro atoms. The molecule has 0 aliphatic carbocycles. The molecule has 0 aliphatic rings. The van der Waals surface area contributed by atoms with Crippen molar-refractivity contribution in [2.24, 2.45) is 0 Å². The maximum absolute atomic E-state index is 5.92. The van der Waals surface area contributed by atoms with E-state index in [0.717, 1.165) is 24.9 Å². The smallest absolute Gasteiger partial charge is 0.246 e. The van der Waals surface area contributed by atoms with Crippen molar-refractivity contribution in [2.45, 2.75) is 45.6 Å². The quantitative estimate of drug-likeness (QED) is 0.895. The van der Waals surface area contributed by atoms with Gasteiger partial charge in [0.25, 0.3) is 0 Å². The average molecular weight is 263 g/mol. The summed E-state index contributed by atoms with van der Waals surface area (Å²) in [6.07, 6.45) is 4.53. The first kappa shape index (κ1) is 13.6. The van der Waals surface area contributed by atoms with Gasteiger partial charge in [0.15, 0.2) is 5.65 Å². The van der Waals surface area contributed by atoms with E-state index in [9.17, 15) is 0 Å². The van der Waals surface area contributed by atoms with E-state index < -0.39 is 0 Å². The largest absolute Gasteiger partial charge is 0.479 e. The molecule has 1 atom stereocenters. The predicted octanol–water partition coefficient (Wildman–Crippen LogP) is 2.34. The molecule has 2 aromatic rings. The Morgan fingerprint density at radius 2 is 2.11 bits per heavy atom. The fourth-order valence-corrected chi connectivity index (χ4v) is 2.43. The molecule has 0 aromatic carbocycles. The summed E-state index contributed by atoms with van der Waals surface area (Å²) in [6.45, 7) is 6.50. The minimum absolute atomic E-state index is 0.0927. The molecule has 19 heavy (non-hydrogen) atoms. The second-order valence-electron chi connectivity index (χ2n) is 4.98. The Bertz CT molecular complexity index is 580. The summed E-state index contributed by atoms with van der Waals surface area (Å²) in [5, 5.41) is 5.24. The molecule has 0 fully saturated rings. The van der Waals surface area contributed by atoms with Crippen LogP contribution in [0.15, 0.2) is 6.33 Å². The number of aromatic nitrogens is 4. The van der Waals surface area contributed by atoms with Crippen molar-refractivity contribution in [3.8, 4) is 5.88 Å². The fraction of sp³-hybridized carbons (Fsp3) is 0.615. The molecular weight excluding hydrogens is 242 g/mol. The van der Waals surface area contributed by atoms with Crippen molar-refractivity contribution in [1.29, 1.82) is 0 Å². The molecule has 6 nitrogen and oxygen atoms in total. The minimum atomic E-state index is -0.0927. The molecule has 0 bridgehead atoms. The van der Waals surface area contributed by atoms with Crippen molar-refractivity contribution >= 4 is 16.9 Å². The van der Waals surface area contributed by atoms with E-state index in [-0.39, 0.29) is 5.54 Å². The average Bonchev–Trinajstić information content (AvgIpc) is 2.79. The monoisotopic (exact) mass is 263 g/mol. The summed E-state index contributed by atoms with van der Waals surface area (Å²) in [4.78, 5) is 8.35. The SMILES string of the molecule is CCCC(C)(CC)n1nc(OC)c2c(N)ncnc21. The summed E-state index contributed by atoms with van der Waals surface area (Å²) < 4.78 is 7.25. The van der Waals surface area contributed by atoms with E-state index in [1.54, 1.807) is 7.11 Å². The third kappa shape index (κ3) is 2.11. The van der Waals surface area contributed by atoms with Gasteiger partial charge in [0.05, 0.1) is 12.6 Å². The molecule has 2 aromatic heterocycles. The van der Waals surface area contributed by atoms with Crippen LogP contribution in [0.25, 0.3) is 11.0 Å². The zero-order valence-electron chi connectivity index (χ0n) is 12.0. The van der Waals surface area contributed by atoms with Gasteiger partial charge in [-0.3, -0.25) is 0 Å². The van der Waals surface area contributed by atoms with E-state index in [1.165, 1.54) is 6.33 Å². The van der Waals surface area contributed by atoms with Crippen molar-refractivity contribution < 1.29 is 4.74 Å². The number of nitrogens with zero attached hydrogens (tertiary/aromatic N) is 4. The summed E-state index contributed by atoms with van der Waals surface area (Å²) >= 11 is 0. The van der Waals surface area contributed by atoms with Gasteiger partial charge < -0.3 is 10.5 Å². The summed E-state index contributed by atoms with van der Waals surface area (Å²) in [7, 11) is 1.58. The highest BCUT2D eigenvalue weighted by atomic mass is 16.5. The molecule has 0 aliphatic heterocycles. The maximum Gasteiger partial charge on any atom is 0.246 e. The van der Waals surface area contributed by atoms with Gasteiger partial charge >= 0.3 is 0 Å². The standard InChI is InChI=1S/C13H21N5O/c1-5-7-13(3,6-2)18-11-9(12(17-18)19-4)10(14)15-8-16-11/h8H,5-7H2,1-4H3,(H2,14,15,16). The highest BCUT2D eigenvalue weighted by molar-refractivity contribution is 5.90. The van der Waals surface area contributed by atoms with Crippen molar-refractivity contribution in [3.63, 3.8) is 0 Å². The fourth-order valence-electron chi connectivity index (χ4n) is 2.43. The second-order valence-corrected chi connectivity index (χ2v) is 4.98.